The minimum atomic E-state index is -3.32. The van der Waals surface area contributed by atoms with Crippen molar-refractivity contribution in [3.05, 3.63) is 29.7 Å². The highest BCUT2D eigenvalue weighted by atomic mass is 16.2. The second-order valence-corrected chi connectivity index (χ2v) is 6.90. The highest BCUT2D eigenvalue weighted by molar-refractivity contribution is 5.93. The Kier molecular flexibility index (Phi) is 3.54. The van der Waals surface area contributed by atoms with Crippen LogP contribution in [0.4, 0.5) is 0 Å². The van der Waals surface area contributed by atoms with Gasteiger partial charge < -0.3 is 15.5 Å². The Bertz CT molecular complexity index is 1220. The highest BCUT2D eigenvalue weighted by Crippen LogP contribution is 2.16. The fourth-order valence-corrected chi connectivity index (χ4v) is 2.49. The number of nitriles is 1. The number of aromatic nitrogens is 3. The number of likely N-dealkylation sites (tertiary alicyclic amines) is 1. The van der Waals surface area contributed by atoms with Crippen molar-refractivity contribution in [1.29, 1.82) is 5.26 Å². The van der Waals surface area contributed by atoms with Crippen LogP contribution in [0.1, 0.15) is 52.2 Å². The number of fused-ring (bicyclic) bond motifs is 1. The van der Waals surface area contributed by atoms with Crippen LogP contribution >= 0.6 is 0 Å². The predicted octanol–water partition coefficient (Wildman–Crippen LogP) is 0.650. The van der Waals surface area contributed by atoms with Gasteiger partial charge in [0.05, 0.1) is 25.2 Å². The molecule has 1 saturated heterocycles. The Labute approximate surface area is 173 Å². The third-order valence-electron chi connectivity index (χ3n) is 4.03. The molecule has 1 aliphatic heterocycles. The van der Waals surface area contributed by atoms with E-state index in [1.165, 1.54) is 23.0 Å². The lowest BCUT2D eigenvalue weighted by Gasteiger charge is -2.28. The van der Waals surface area contributed by atoms with Crippen LogP contribution in [0, 0.1) is 18.3 Å². The van der Waals surface area contributed by atoms with Gasteiger partial charge in [-0.25, -0.2) is 9.50 Å². The fraction of sp³-hybridized carbons (Fsp3) is 0.526. The van der Waals surface area contributed by atoms with E-state index in [2.05, 4.69) is 20.7 Å². The molecule has 1 atom stereocenters. The van der Waals surface area contributed by atoms with Crippen molar-refractivity contribution >= 4 is 17.5 Å². The zero-order chi connectivity index (χ0) is 26.6. The van der Waals surface area contributed by atoms with Crippen LogP contribution in [0.15, 0.2) is 18.5 Å². The Morgan fingerprint density at radius 1 is 1.54 bits per heavy atom. The molecule has 0 spiro atoms. The van der Waals surface area contributed by atoms with Gasteiger partial charge in [0, 0.05) is 45.3 Å². The van der Waals surface area contributed by atoms with E-state index in [0.717, 1.165) is 5.69 Å². The molecule has 3 heterocycles. The molecule has 1 aliphatic rings. The van der Waals surface area contributed by atoms with Crippen LogP contribution in [0.3, 0.4) is 0 Å². The van der Waals surface area contributed by atoms with Crippen LogP contribution in [-0.4, -0.2) is 62.5 Å². The van der Waals surface area contributed by atoms with Crippen LogP contribution in [0.5, 0.6) is 0 Å². The second kappa shape index (κ2) is 7.94. The molecule has 9 heteroatoms. The zero-order valence-electron chi connectivity index (χ0n) is 22.7. The van der Waals surface area contributed by atoms with Crippen molar-refractivity contribution < 1.29 is 19.2 Å². The molecule has 9 nitrogen and oxygen atoms in total. The number of hydrogen-bond acceptors (Lipinski definition) is 6. The molecule has 2 N–H and O–H groups in total. The van der Waals surface area contributed by atoms with E-state index in [9.17, 15) is 14.9 Å². The van der Waals surface area contributed by atoms with Crippen molar-refractivity contribution in [3.8, 4) is 6.07 Å². The summed E-state index contributed by atoms with van der Waals surface area (Å²) in [5.74, 6) is -1.64. The normalized spacial score (nSPS) is 28.6. The SMILES string of the molecule is [2H]C1([2H])N(C(=O)CNC(C)(C)CNC(=O)c2cnc3cc(C)nn3c2)[C@]([2H])(C#N)C([2H])([2H])C1([2H])[2H]. The van der Waals surface area contributed by atoms with Crippen molar-refractivity contribution in [1.82, 2.24) is 30.1 Å². The summed E-state index contributed by atoms with van der Waals surface area (Å²) in [6.45, 7) is 1.16. The topological polar surface area (TPSA) is 115 Å². The van der Waals surface area contributed by atoms with Gasteiger partial charge in [-0.3, -0.25) is 9.59 Å². The number of hydrogen-bond donors (Lipinski definition) is 2. The zero-order valence-corrected chi connectivity index (χ0v) is 15.7. The van der Waals surface area contributed by atoms with Crippen molar-refractivity contribution in [2.45, 2.75) is 45.1 Å². The van der Waals surface area contributed by atoms with Gasteiger partial charge >= 0.3 is 0 Å². The molecule has 148 valence electrons. The first-order valence-electron chi connectivity index (χ1n) is 12.0. The van der Waals surface area contributed by atoms with Gasteiger partial charge in [-0.05, 0) is 33.5 Å². The minimum Gasteiger partial charge on any atom is -0.350 e. The smallest absolute Gasteiger partial charge is 0.254 e. The Hall–Kier alpha value is -2.99. The fourth-order valence-electron chi connectivity index (χ4n) is 2.49. The van der Waals surface area contributed by atoms with E-state index < -0.39 is 49.2 Å². The minimum absolute atomic E-state index is 0.00803. The maximum atomic E-state index is 12.9. The molecular formula is C19H25N7O2. The summed E-state index contributed by atoms with van der Waals surface area (Å²) in [6, 6.07) is -0.117. The molecule has 28 heavy (non-hydrogen) atoms. The molecule has 0 radical (unpaired) electrons. The van der Waals surface area contributed by atoms with Crippen LogP contribution < -0.4 is 10.6 Å². The predicted molar refractivity (Wildman–Crippen MR) is 102 cm³/mol. The molecule has 0 aromatic carbocycles. The standard InChI is InChI=1S/C19H25N7O2/c1-13-7-16-21-9-14(11-26(16)24-13)18(28)22-12-19(2,3)23-10-17(27)25-6-4-5-15(25)8-20/h7,9,11,15,23H,4-6,10,12H2,1-3H3,(H,22,28)/t15-/m0/s1/i4D2,5D2,6D2,15D. The summed E-state index contributed by atoms with van der Waals surface area (Å²) in [5.41, 5.74) is 0.627. The van der Waals surface area contributed by atoms with Crippen LogP contribution in [0.2, 0.25) is 0 Å². The summed E-state index contributed by atoms with van der Waals surface area (Å²) < 4.78 is 57.1. The van der Waals surface area contributed by atoms with E-state index in [0.29, 0.717) is 5.65 Å². The van der Waals surface area contributed by atoms with Crippen molar-refractivity contribution in [2.75, 3.05) is 19.6 Å². The van der Waals surface area contributed by atoms with Gasteiger partial charge in [0.15, 0.2) is 5.65 Å². The van der Waals surface area contributed by atoms with Gasteiger partial charge in [-0.1, -0.05) is 0 Å². The van der Waals surface area contributed by atoms with Gasteiger partial charge in [-0.2, -0.15) is 10.4 Å². The average Bonchev–Trinajstić information content (AvgIpc) is 3.17. The Morgan fingerprint density at radius 3 is 3.07 bits per heavy atom. The second-order valence-electron chi connectivity index (χ2n) is 6.90. The Balaban J connectivity index is 1.68. The number of nitrogens with one attached hydrogen (secondary N) is 2. The van der Waals surface area contributed by atoms with Crippen molar-refractivity contribution in [3.63, 3.8) is 0 Å². The summed E-state index contributed by atoms with van der Waals surface area (Å²) in [4.78, 5) is 29.6. The number of aryl methyl sites for hydroxylation is 1. The maximum Gasteiger partial charge on any atom is 0.254 e. The molecule has 2 amide bonds. The summed E-state index contributed by atoms with van der Waals surface area (Å²) in [5, 5.41) is 19.1. The monoisotopic (exact) mass is 390 g/mol. The quantitative estimate of drug-likeness (QED) is 0.748. The number of rotatable bonds is 6. The molecular weight excluding hydrogens is 358 g/mol. The lowest BCUT2D eigenvalue weighted by atomic mass is 10.1. The summed E-state index contributed by atoms with van der Waals surface area (Å²) in [6.07, 6.45) is -3.72. The van der Waals surface area contributed by atoms with Crippen LogP contribution in [0.25, 0.3) is 5.65 Å². The summed E-state index contributed by atoms with van der Waals surface area (Å²) >= 11 is 0. The maximum absolute atomic E-state index is 12.9. The van der Waals surface area contributed by atoms with E-state index >= 15 is 0 Å². The molecule has 2 aromatic heterocycles. The van der Waals surface area contributed by atoms with E-state index in [1.807, 2.05) is 0 Å². The van der Waals surface area contributed by atoms with E-state index in [1.54, 1.807) is 26.8 Å². The molecule has 0 saturated carbocycles. The van der Waals surface area contributed by atoms with Gasteiger partial charge in [0.2, 0.25) is 5.91 Å². The lowest BCUT2D eigenvalue weighted by Crippen LogP contribution is -2.52. The lowest BCUT2D eigenvalue weighted by molar-refractivity contribution is -0.130. The molecule has 0 unspecified atom stereocenters. The third kappa shape index (κ3) is 4.46. The molecule has 1 fully saturated rings. The Morgan fingerprint density at radius 2 is 2.32 bits per heavy atom. The largest absolute Gasteiger partial charge is 0.350 e. The van der Waals surface area contributed by atoms with E-state index in [-0.39, 0.29) is 17.0 Å². The number of nitrogens with zero attached hydrogens (tertiary/aromatic N) is 5. The van der Waals surface area contributed by atoms with Gasteiger partial charge in [0.25, 0.3) is 5.91 Å². The number of carbonyl (C=O) groups is 2. The van der Waals surface area contributed by atoms with Crippen molar-refractivity contribution in [2.24, 2.45) is 0 Å². The number of carbonyl (C=O) groups excluding carboxylic acids is 2. The highest BCUT2D eigenvalue weighted by Gasteiger charge is 2.29. The average molecular weight is 390 g/mol. The third-order valence-corrected chi connectivity index (χ3v) is 4.03. The summed E-state index contributed by atoms with van der Waals surface area (Å²) in [7, 11) is 0. The van der Waals surface area contributed by atoms with Gasteiger partial charge in [-0.15, -0.1) is 0 Å². The molecule has 2 aromatic rings. The first kappa shape index (κ1) is 12.5. The molecule has 3 rings (SSSR count). The van der Waals surface area contributed by atoms with Gasteiger partial charge in [0.1, 0.15) is 6.02 Å². The van der Waals surface area contributed by atoms with Crippen LogP contribution in [-0.2, 0) is 4.79 Å². The van der Waals surface area contributed by atoms with E-state index in [4.69, 9.17) is 9.60 Å². The number of amides is 2. The first-order valence-corrected chi connectivity index (χ1v) is 8.51. The molecule has 0 aliphatic carbocycles. The molecule has 0 bridgehead atoms. The first-order chi connectivity index (χ1) is 15.9.